The van der Waals surface area contributed by atoms with Crippen molar-refractivity contribution in [3.05, 3.63) is 88.9 Å². The average molecular weight is 377 g/mol. The zero-order chi connectivity index (χ0) is 18.9. The largest absolute Gasteiger partial charge is 0.352 e. The minimum atomic E-state index is -0.256. The molecule has 0 atom stereocenters. The number of benzene rings is 2. The van der Waals surface area contributed by atoms with Crippen molar-refractivity contribution in [3.8, 4) is 0 Å². The van der Waals surface area contributed by atoms with Gasteiger partial charge in [0.1, 0.15) is 0 Å². The fourth-order valence-electron chi connectivity index (χ4n) is 2.35. The molecule has 2 amide bonds. The van der Waals surface area contributed by atoms with E-state index in [1.807, 2.05) is 60.7 Å². The molecule has 6 heteroatoms. The van der Waals surface area contributed by atoms with E-state index in [9.17, 15) is 9.59 Å². The van der Waals surface area contributed by atoms with Crippen molar-refractivity contribution in [1.82, 2.24) is 10.3 Å². The van der Waals surface area contributed by atoms with Gasteiger partial charge in [-0.3, -0.25) is 14.9 Å². The molecule has 0 saturated heterocycles. The first-order valence-corrected chi connectivity index (χ1v) is 9.36. The van der Waals surface area contributed by atoms with Gasteiger partial charge in [-0.2, -0.15) is 0 Å². The van der Waals surface area contributed by atoms with Gasteiger partial charge in [0.15, 0.2) is 5.13 Å². The number of thiazole rings is 1. The van der Waals surface area contributed by atoms with Crippen molar-refractivity contribution in [1.29, 1.82) is 0 Å². The van der Waals surface area contributed by atoms with Crippen molar-refractivity contribution >= 4 is 34.4 Å². The van der Waals surface area contributed by atoms with Crippen LogP contribution >= 0.6 is 11.3 Å². The van der Waals surface area contributed by atoms with E-state index in [-0.39, 0.29) is 18.2 Å². The maximum atomic E-state index is 12.0. The van der Waals surface area contributed by atoms with Gasteiger partial charge in [-0.15, -0.1) is 11.3 Å². The van der Waals surface area contributed by atoms with Gasteiger partial charge in [-0.05, 0) is 17.2 Å². The Bertz CT molecular complexity index is 921. The monoisotopic (exact) mass is 377 g/mol. The molecule has 136 valence electrons. The van der Waals surface area contributed by atoms with Gasteiger partial charge in [0, 0.05) is 18.0 Å². The lowest BCUT2D eigenvalue weighted by atomic mass is 10.2. The van der Waals surface area contributed by atoms with Gasteiger partial charge >= 0.3 is 0 Å². The number of aromatic nitrogens is 1. The lowest BCUT2D eigenvalue weighted by molar-refractivity contribution is -0.120. The Kier molecular flexibility index (Phi) is 6.49. The molecular formula is C21H19N3O2S. The fraction of sp³-hybridized carbons (Fsp3) is 0.0952. The number of rotatable bonds is 7. The van der Waals surface area contributed by atoms with E-state index in [1.165, 1.54) is 17.4 Å². The van der Waals surface area contributed by atoms with Crippen molar-refractivity contribution < 1.29 is 9.59 Å². The highest BCUT2D eigenvalue weighted by Gasteiger charge is 2.09. The van der Waals surface area contributed by atoms with E-state index in [4.69, 9.17) is 0 Å². The Morgan fingerprint density at radius 2 is 1.70 bits per heavy atom. The number of nitrogens with one attached hydrogen (secondary N) is 2. The van der Waals surface area contributed by atoms with Crippen molar-refractivity contribution in [2.75, 3.05) is 5.32 Å². The smallest absolute Gasteiger partial charge is 0.250 e. The van der Waals surface area contributed by atoms with Crippen LogP contribution in [-0.2, 0) is 22.6 Å². The third-order valence-electron chi connectivity index (χ3n) is 3.68. The molecule has 0 saturated carbocycles. The number of hydrogen-bond acceptors (Lipinski definition) is 4. The van der Waals surface area contributed by atoms with E-state index in [1.54, 1.807) is 11.5 Å². The van der Waals surface area contributed by atoms with Gasteiger partial charge in [0.2, 0.25) is 11.8 Å². The second kappa shape index (κ2) is 9.45. The molecule has 27 heavy (non-hydrogen) atoms. The SMILES string of the molecule is O=C(/C=C/c1ccccc1)Nc1nc(CC(=O)NCc2ccccc2)cs1. The minimum absolute atomic E-state index is 0.106. The quantitative estimate of drug-likeness (QED) is 0.618. The third kappa shape index (κ3) is 6.20. The Morgan fingerprint density at radius 1 is 1.00 bits per heavy atom. The summed E-state index contributed by atoms with van der Waals surface area (Å²) in [4.78, 5) is 28.3. The van der Waals surface area contributed by atoms with E-state index in [0.717, 1.165) is 11.1 Å². The van der Waals surface area contributed by atoms with Crippen LogP contribution in [0.1, 0.15) is 16.8 Å². The topological polar surface area (TPSA) is 71.1 Å². The molecule has 3 aromatic rings. The van der Waals surface area contributed by atoms with Crippen LogP contribution in [0.25, 0.3) is 6.08 Å². The first-order chi connectivity index (χ1) is 13.2. The second-order valence-corrected chi connectivity index (χ2v) is 6.67. The summed E-state index contributed by atoms with van der Waals surface area (Å²) in [6.45, 7) is 0.484. The number of nitrogens with zero attached hydrogens (tertiary/aromatic N) is 1. The summed E-state index contributed by atoms with van der Waals surface area (Å²) < 4.78 is 0. The van der Waals surface area contributed by atoms with Crippen LogP contribution in [0.5, 0.6) is 0 Å². The number of anilines is 1. The predicted molar refractivity (Wildman–Crippen MR) is 108 cm³/mol. The molecule has 0 bridgehead atoms. The Labute approximate surface area is 161 Å². The molecular weight excluding hydrogens is 358 g/mol. The number of amides is 2. The summed E-state index contributed by atoms with van der Waals surface area (Å²) in [6, 6.07) is 19.3. The molecule has 1 heterocycles. The molecule has 1 aromatic heterocycles. The maximum absolute atomic E-state index is 12.0. The van der Waals surface area contributed by atoms with Gasteiger partial charge in [-0.1, -0.05) is 60.7 Å². The Balaban J connectivity index is 1.47. The number of carbonyl (C=O) groups is 2. The molecule has 0 aliphatic carbocycles. The molecule has 0 unspecified atom stereocenters. The molecule has 0 aliphatic heterocycles. The maximum Gasteiger partial charge on any atom is 0.250 e. The normalized spacial score (nSPS) is 10.7. The minimum Gasteiger partial charge on any atom is -0.352 e. The van der Waals surface area contributed by atoms with E-state index in [2.05, 4.69) is 15.6 Å². The first kappa shape index (κ1) is 18.5. The summed E-state index contributed by atoms with van der Waals surface area (Å²) in [7, 11) is 0. The van der Waals surface area contributed by atoms with Crippen LogP contribution < -0.4 is 10.6 Å². The summed E-state index contributed by atoms with van der Waals surface area (Å²) >= 11 is 1.30. The standard InChI is InChI=1S/C21H19N3O2S/c25-19(12-11-16-7-3-1-4-8-16)24-21-23-18(15-27-21)13-20(26)22-14-17-9-5-2-6-10-17/h1-12,15H,13-14H2,(H,22,26)(H,23,24,25)/b12-11+. The van der Waals surface area contributed by atoms with Crippen molar-refractivity contribution in [3.63, 3.8) is 0 Å². The van der Waals surface area contributed by atoms with Crippen LogP contribution in [-0.4, -0.2) is 16.8 Å². The van der Waals surface area contributed by atoms with Crippen LogP contribution in [0, 0.1) is 0 Å². The molecule has 2 aromatic carbocycles. The summed E-state index contributed by atoms with van der Waals surface area (Å²) in [5.41, 5.74) is 2.62. The molecule has 5 nitrogen and oxygen atoms in total. The highest BCUT2D eigenvalue weighted by atomic mass is 32.1. The summed E-state index contributed by atoms with van der Waals surface area (Å²) in [6.07, 6.45) is 3.38. The molecule has 0 spiro atoms. The van der Waals surface area contributed by atoms with Crippen LogP contribution in [0.15, 0.2) is 72.1 Å². The van der Waals surface area contributed by atoms with Crippen molar-refractivity contribution in [2.24, 2.45) is 0 Å². The van der Waals surface area contributed by atoms with Gasteiger partial charge in [0.25, 0.3) is 0 Å². The van der Waals surface area contributed by atoms with E-state index < -0.39 is 0 Å². The third-order valence-corrected chi connectivity index (χ3v) is 4.49. The Morgan fingerprint density at radius 3 is 2.44 bits per heavy atom. The highest BCUT2D eigenvalue weighted by molar-refractivity contribution is 7.14. The van der Waals surface area contributed by atoms with Crippen LogP contribution in [0.2, 0.25) is 0 Å². The fourth-order valence-corrected chi connectivity index (χ4v) is 3.07. The van der Waals surface area contributed by atoms with E-state index in [0.29, 0.717) is 17.4 Å². The number of carbonyl (C=O) groups excluding carboxylic acids is 2. The number of hydrogen-bond donors (Lipinski definition) is 2. The molecule has 3 rings (SSSR count). The highest BCUT2D eigenvalue weighted by Crippen LogP contribution is 2.16. The average Bonchev–Trinajstić information content (AvgIpc) is 3.13. The predicted octanol–water partition coefficient (Wildman–Crippen LogP) is 3.65. The summed E-state index contributed by atoms with van der Waals surface area (Å²) in [5.74, 6) is -0.362. The molecule has 0 radical (unpaired) electrons. The van der Waals surface area contributed by atoms with Crippen molar-refractivity contribution in [2.45, 2.75) is 13.0 Å². The molecule has 0 fully saturated rings. The Hall–Kier alpha value is -3.25. The van der Waals surface area contributed by atoms with Gasteiger partial charge < -0.3 is 5.32 Å². The zero-order valence-corrected chi connectivity index (χ0v) is 15.4. The van der Waals surface area contributed by atoms with Gasteiger partial charge in [-0.25, -0.2) is 4.98 Å². The first-order valence-electron chi connectivity index (χ1n) is 8.48. The second-order valence-electron chi connectivity index (χ2n) is 5.82. The lowest BCUT2D eigenvalue weighted by Crippen LogP contribution is -2.24. The van der Waals surface area contributed by atoms with Crippen LogP contribution in [0.3, 0.4) is 0 Å². The molecule has 0 aliphatic rings. The summed E-state index contributed by atoms with van der Waals surface area (Å²) in [5, 5.41) is 7.83. The zero-order valence-electron chi connectivity index (χ0n) is 14.6. The van der Waals surface area contributed by atoms with Gasteiger partial charge in [0.05, 0.1) is 12.1 Å². The van der Waals surface area contributed by atoms with Crippen LogP contribution in [0.4, 0.5) is 5.13 Å². The molecule has 2 N–H and O–H groups in total. The lowest BCUT2D eigenvalue weighted by Gasteiger charge is -2.03. The van der Waals surface area contributed by atoms with E-state index >= 15 is 0 Å².